The van der Waals surface area contributed by atoms with E-state index in [1.54, 1.807) is 15.8 Å². The second-order valence-electron chi connectivity index (χ2n) is 5.44. The Morgan fingerprint density at radius 1 is 1.50 bits per heavy atom. The van der Waals surface area contributed by atoms with Gasteiger partial charge in [-0.2, -0.15) is 14.4 Å². The zero-order valence-electron chi connectivity index (χ0n) is 13.2. The Balaban J connectivity index is 1.42. The Morgan fingerprint density at radius 2 is 2.42 bits per heavy atom. The van der Waals surface area contributed by atoms with Gasteiger partial charge >= 0.3 is 6.03 Å². The molecule has 1 fully saturated rings. The highest BCUT2D eigenvalue weighted by molar-refractivity contribution is 7.89. The van der Waals surface area contributed by atoms with Crippen molar-refractivity contribution in [2.45, 2.75) is 12.6 Å². The number of anilines is 1. The summed E-state index contributed by atoms with van der Waals surface area (Å²) >= 11 is 1.88. The lowest BCUT2D eigenvalue weighted by Crippen LogP contribution is -2.32. The Bertz CT molecular complexity index is 797. The molecule has 0 aliphatic carbocycles. The molecule has 138 valence electrons. The minimum Gasteiger partial charge on any atom is -0.356 e. The van der Waals surface area contributed by atoms with Gasteiger partial charge in [-0.05, 0) is 12.1 Å². The van der Waals surface area contributed by atoms with Gasteiger partial charge in [-0.25, -0.2) is 19.7 Å². The maximum absolute atomic E-state index is 12.3. The van der Waals surface area contributed by atoms with Crippen molar-refractivity contribution in [2.75, 3.05) is 18.4 Å². The molecule has 2 aromatic rings. The maximum atomic E-state index is 12.3. The van der Waals surface area contributed by atoms with Gasteiger partial charge in [-0.15, -0.1) is 15.7 Å². The lowest BCUT2D eigenvalue weighted by Gasteiger charge is -2.21. The molecule has 1 atom stereocenters. The minimum atomic E-state index is -0.298. The SMILES string of the molecule is O=C1N2CC(n3ccc(CNc4nccs4)n3)=CC(C2)N1OSOOO. The van der Waals surface area contributed by atoms with Gasteiger partial charge in [0.2, 0.25) is 12.3 Å². The molecule has 11 nitrogen and oxygen atoms in total. The van der Waals surface area contributed by atoms with Crippen LogP contribution in [0.15, 0.2) is 29.9 Å². The lowest BCUT2D eigenvalue weighted by molar-refractivity contribution is -0.435. The van der Waals surface area contributed by atoms with Gasteiger partial charge in [0.05, 0.1) is 24.5 Å². The Labute approximate surface area is 156 Å². The number of rotatable bonds is 8. The molecule has 13 heteroatoms. The largest absolute Gasteiger partial charge is 0.356 e. The van der Waals surface area contributed by atoms with E-state index in [2.05, 4.69) is 24.8 Å². The average Bonchev–Trinajstić information content (AvgIpc) is 3.37. The highest BCUT2D eigenvalue weighted by Gasteiger charge is 2.42. The van der Waals surface area contributed by atoms with Crippen molar-refractivity contribution in [3.8, 4) is 0 Å². The number of hydrogen-bond donors (Lipinski definition) is 2. The molecule has 4 heterocycles. The zero-order valence-corrected chi connectivity index (χ0v) is 14.9. The number of thiazole rings is 1. The molecule has 2 aliphatic heterocycles. The molecule has 1 unspecified atom stereocenters. The first-order valence-corrected chi connectivity index (χ1v) is 9.08. The third-order valence-corrected chi connectivity index (χ3v) is 4.93. The van der Waals surface area contributed by atoms with Crippen molar-refractivity contribution in [1.29, 1.82) is 0 Å². The fourth-order valence-corrected chi connectivity index (χ4v) is 3.59. The number of nitrogens with zero attached hydrogens (tertiary/aromatic N) is 5. The quantitative estimate of drug-likeness (QED) is 0.297. The van der Waals surface area contributed by atoms with Crippen molar-refractivity contribution in [3.05, 3.63) is 35.6 Å². The molecule has 2 aliphatic rings. The Kier molecular flexibility index (Phi) is 5.05. The number of carbonyl (C=O) groups is 1. The van der Waals surface area contributed by atoms with Crippen LogP contribution in [0.3, 0.4) is 0 Å². The van der Waals surface area contributed by atoms with Crippen molar-refractivity contribution in [1.82, 2.24) is 24.7 Å². The number of fused-ring (bicyclic) bond motifs is 2. The number of urea groups is 1. The van der Waals surface area contributed by atoms with E-state index in [1.807, 2.05) is 23.7 Å². The van der Waals surface area contributed by atoms with Crippen LogP contribution in [0.2, 0.25) is 0 Å². The van der Waals surface area contributed by atoms with Gasteiger partial charge in [0.1, 0.15) is 6.04 Å². The molecular formula is C13H14N6O5S2. The van der Waals surface area contributed by atoms with E-state index in [-0.39, 0.29) is 12.1 Å². The van der Waals surface area contributed by atoms with E-state index >= 15 is 0 Å². The summed E-state index contributed by atoms with van der Waals surface area (Å²) in [6.45, 7) is 1.48. The summed E-state index contributed by atoms with van der Waals surface area (Å²) < 4.78 is 11.0. The normalized spacial score (nSPS) is 19.2. The van der Waals surface area contributed by atoms with Crippen LogP contribution < -0.4 is 5.32 Å². The van der Waals surface area contributed by atoms with Gasteiger partial charge in [-0.1, -0.05) is 5.04 Å². The first-order valence-electron chi connectivity index (χ1n) is 7.53. The van der Waals surface area contributed by atoms with Crippen molar-refractivity contribution in [2.24, 2.45) is 0 Å². The van der Waals surface area contributed by atoms with Gasteiger partial charge in [-0.3, -0.25) is 0 Å². The van der Waals surface area contributed by atoms with Crippen molar-refractivity contribution < 1.29 is 23.7 Å². The summed E-state index contributed by atoms with van der Waals surface area (Å²) in [5, 5.41) is 23.2. The summed E-state index contributed by atoms with van der Waals surface area (Å²) in [6.07, 6.45) is 5.50. The summed E-state index contributed by atoms with van der Waals surface area (Å²) in [4.78, 5) is 18.1. The predicted molar refractivity (Wildman–Crippen MR) is 92.0 cm³/mol. The fourth-order valence-electron chi connectivity index (χ4n) is 2.77. The molecule has 0 aromatic carbocycles. The van der Waals surface area contributed by atoms with Crippen LogP contribution in [0.25, 0.3) is 5.70 Å². The Hall–Kier alpha value is -2.16. The molecule has 2 aromatic heterocycles. The smallest absolute Gasteiger partial charge is 0.346 e. The van der Waals surface area contributed by atoms with E-state index in [9.17, 15) is 4.79 Å². The molecule has 4 rings (SSSR count). The number of hydroxylamine groups is 2. The van der Waals surface area contributed by atoms with E-state index in [4.69, 9.17) is 9.54 Å². The molecule has 1 saturated heterocycles. The number of hydrogen-bond acceptors (Lipinski definition) is 10. The first kappa shape index (κ1) is 17.3. The van der Waals surface area contributed by atoms with Crippen LogP contribution in [0, 0.1) is 0 Å². The van der Waals surface area contributed by atoms with E-state index < -0.39 is 0 Å². The van der Waals surface area contributed by atoms with Crippen LogP contribution in [-0.4, -0.2) is 55.1 Å². The fraction of sp³-hybridized carbons (Fsp3) is 0.308. The van der Waals surface area contributed by atoms with Crippen molar-refractivity contribution in [3.63, 3.8) is 0 Å². The summed E-state index contributed by atoms with van der Waals surface area (Å²) in [7, 11) is 0. The van der Waals surface area contributed by atoms with Crippen LogP contribution >= 0.6 is 23.7 Å². The first-order chi connectivity index (χ1) is 12.7. The minimum absolute atomic E-state index is 0.290. The van der Waals surface area contributed by atoms with Crippen LogP contribution in [-0.2, 0) is 20.2 Å². The molecular weight excluding hydrogens is 384 g/mol. The van der Waals surface area contributed by atoms with Gasteiger partial charge in [0, 0.05) is 24.3 Å². The number of carbonyl (C=O) groups excluding carboxylic acids is 1. The summed E-state index contributed by atoms with van der Waals surface area (Å²) in [5.74, 6) is 0. The number of amides is 2. The molecule has 2 bridgehead atoms. The lowest BCUT2D eigenvalue weighted by atomic mass is 10.2. The van der Waals surface area contributed by atoms with Crippen LogP contribution in [0.4, 0.5) is 9.93 Å². The Morgan fingerprint density at radius 3 is 3.23 bits per heavy atom. The van der Waals surface area contributed by atoms with E-state index in [1.165, 1.54) is 11.3 Å². The van der Waals surface area contributed by atoms with Gasteiger partial charge in [0.15, 0.2) is 5.13 Å². The van der Waals surface area contributed by atoms with Gasteiger partial charge in [0.25, 0.3) is 0 Å². The zero-order chi connectivity index (χ0) is 17.9. The van der Waals surface area contributed by atoms with Crippen molar-refractivity contribution >= 4 is 40.5 Å². The molecule has 0 spiro atoms. The second kappa shape index (κ2) is 7.61. The predicted octanol–water partition coefficient (Wildman–Crippen LogP) is 1.83. The molecule has 2 N–H and O–H groups in total. The highest BCUT2D eigenvalue weighted by Crippen LogP contribution is 2.28. The monoisotopic (exact) mass is 398 g/mol. The third kappa shape index (κ3) is 3.53. The number of aromatic nitrogens is 3. The highest BCUT2D eigenvalue weighted by atomic mass is 32.2. The molecule has 26 heavy (non-hydrogen) atoms. The second-order valence-corrected chi connectivity index (χ2v) is 6.76. The van der Waals surface area contributed by atoms with Crippen LogP contribution in [0.1, 0.15) is 5.69 Å². The average molecular weight is 398 g/mol. The van der Waals surface area contributed by atoms with E-state index in [0.717, 1.165) is 21.6 Å². The maximum Gasteiger partial charge on any atom is 0.346 e. The van der Waals surface area contributed by atoms with Crippen LogP contribution in [0.5, 0.6) is 0 Å². The summed E-state index contributed by atoms with van der Waals surface area (Å²) in [6, 6.07) is 1.32. The third-order valence-electron chi connectivity index (χ3n) is 3.87. The summed E-state index contributed by atoms with van der Waals surface area (Å²) in [5.41, 5.74) is 1.73. The van der Waals surface area contributed by atoms with Gasteiger partial charge < -0.3 is 10.2 Å². The molecule has 0 radical (unpaired) electrons. The van der Waals surface area contributed by atoms with E-state index in [0.29, 0.717) is 32.0 Å². The standard InChI is InChI=1S/C13H14N6O5S2/c20-13-17-7-10(5-11(8-17)19(13)22-26-24-23-21)18-3-1-9(16-18)6-15-12-14-2-4-25-12/h1-5,11,21H,6-8H2,(H,14,15). The molecule has 0 saturated carbocycles. The number of nitrogens with one attached hydrogen (secondary N) is 1. The molecule has 2 amide bonds. The topological polar surface area (TPSA) is 114 Å².